The van der Waals surface area contributed by atoms with Gasteiger partial charge in [0, 0.05) is 36.4 Å². The molecule has 0 radical (unpaired) electrons. The largest absolute Gasteiger partial charge is 0.381 e. The normalized spacial score (nSPS) is 39.8. The van der Waals surface area contributed by atoms with Crippen LogP contribution in [0.15, 0.2) is 0 Å². The second-order valence-electron chi connectivity index (χ2n) is 14.9. The lowest BCUT2D eigenvalue weighted by Gasteiger charge is -2.57. The molecule has 0 aromatic carbocycles. The van der Waals surface area contributed by atoms with Crippen LogP contribution in [0, 0.1) is 23.7 Å². The molecule has 2 saturated heterocycles. The maximum absolute atomic E-state index is 6.21. The molecule has 3 nitrogen and oxygen atoms in total. The lowest BCUT2D eigenvalue weighted by Crippen LogP contribution is -2.61. The molecule has 0 spiro atoms. The van der Waals surface area contributed by atoms with Crippen LogP contribution in [-0.4, -0.2) is 59.3 Å². The highest BCUT2D eigenvalue weighted by Crippen LogP contribution is 2.49. The Kier molecular flexibility index (Phi) is 12.1. The van der Waals surface area contributed by atoms with Gasteiger partial charge in [0.15, 0.2) is 0 Å². The zero-order chi connectivity index (χ0) is 27.9. The second-order valence-corrected chi connectivity index (χ2v) is 14.9. The Morgan fingerprint density at radius 2 is 1.00 bits per heavy atom. The van der Waals surface area contributed by atoms with Gasteiger partial charge in [-0.25, -0.2) is 0 Å². The molecule has 0 amide bonds. The first-order valence-corrected chi connectivity index (χ1v) is 18.0. The van der Waals surface area contributed by atoms with Crippen LogP contribution in [0.25, 0.3) is 0 Å². The Hall–Kier alpha value is -0.120. The maximum atomic E-state index is 6.21. The van der Waals surface area contributed by atoms with E-state index in [1.807, 2.05) is 0 Å². The minimum absolute atomic E-state index is 0.413. The van der Waals surface area contributed by atoms with E-state index in [0.717, 1.165) is 49.0 Å². The molecule has 0 N–H and O–H groups in total. The Morgan fingerprint density at radius 1 is 0.590 bits per heavy atom. The Bertz CT molecular complexity index is 654. The van der Waals surface area contributed by atoms with E-state index in [-0.39, 0.29) is 0 Å². The van der Waals surface area contributed by atoms with Gasteiger partial charge < -0.3 is 4.74 Å². The van der Waals surface area contributed by atoms with Gasteiger partial charge in [-0.1, -0.05) is 66.2 Å². The van der Waals surface area contributed by atoms with E-state index in [2.05, 4.69) is 51.3 Å². The van der Waals surface area contributed by atoms with E-state index in [1.165, 1.54) is 129 Å². The molecule has 2 saturated carbocycles. The molecule has 0 bridgehead atoms. The molecule has 4 aliphatic rings. The minimum atomic E-state index is 0.413. The number of unbranched alkanes of at least 4 members (excludes halogenated alkanes) is 2. The molecule has 3 heteroatoms. The molecule has 4 rings (SSSR count). The van der Waals surface area contributed by atoms with Crippen molar-refractivity contribution < 1.29 is 4.74 Å². The van der Waals surface area contributed by atoms with Crippen LogP contribution in [0.1, 0.15) is 157 Å². The predicted octanol–water partition coefficient (Wildman–Crippen LogP) is 9.48. The van der Waals surface area contributed by atoms with E-state index in [0.29, 0.717) is 11.1 Å². The van der Waals surface area contributed by atoms with Crippen LogP contribution in [0.4, 0.5) is 0 Å². The van der Waals surface area contributed by atoms with Gasteiger partial charge in [0.1, 0.15) is 0 Å². The van der Waals surface area contributed by atoms with Crippen molar-refractivity contribution in [1.29, 1.82) is 0 Å². The molecule has 39 heavy (non-hydrogen) atoms. The number of hydrogen-bond acceptors (Lipinski definition) is 3. The van der Waals surface area contributed by atoms with Crippen LogP contribution in [0.5, 0.6) is 0 Å². The summed E-state index contributed by atoms with van der Waals surface area (Å²) in [5, 5.41) is 0. The quantitative estimate of drug-likeness (QED) is 0.203. The maximum Gasteiger partial charge on any atom is 0.0466 e. The molecule has 228 valence electrons. The number of fused-ring (bicyclic) bond motifs is 2. The zero-order valence-corrected chi connectivity index (χ0v) is 27.3. The van der Waals surface area contributed by atoms with Gasteiger partial charge in [0.05, 0.1) is 0 Å². The van der Waals surface area contributed by atoms with Crippen molar-refractivity contribution in [3.05, 3.63) is 0 Å². The summed E-state index contributed by atoms with van der Waals surface area (Å²) in [6.07, 6.45) is 25.0. The summed E-state index contributed by atoms with van der Waals surface area (Å²) in [6, 6.07) is 1.70. The van der Waals surface area contributed by atoms with Crippen molar-refractivity contribution in [3.8, 4) is 0 Å². The summed E-state index contributed by atoms with van der Waals surface area (Å²) in [6.45, 7) is 19.4. The average Bonchev–Trinajstić information content (AvgIpc) is 2.97. The number of likely N-dealkylation sites (tertiary alicyclic amines) is 2. The molecule has 2 aliphatic carbocycles. The summed E-state index contributed by atoms with van der Waals surface area (Å²) in [5.74, 6) is 3.84. The molecule has 2 aliphatic heterocycles. The Morgan fingerprint density at radius 3 is 1.38 bits per heavy atom. The molecule has 2 heterocycles. The zero-order valence-electron chi connectivity index (χ0n) is 27.3. The van der Waals surface area contributed by atoms with Gasteiger partial charge in [-0.3, -0.25) is 9.80 Å². The number of piperidine rings is 2. The second kappa shape index (κ2) is 14.9. The predicted molar refractivity (Wildman–Crippen MR) is 168 cm³/mol. The van der Waals surface area contributed by atoms with E-state index in [9.17, 15) is 0 Å². The standard InChI is InChI=1S/C36H68N2O/c1-7-29-27-35(5,9-3)37(33-21-13-11-19-31(29)33)23-15-17-25-39-26-18-16-24-38-34-22-14-12-20-32(34)30(8-2)28-36(38,6)10-4/h29-34H,7-28H2,1-6H3. The fraction of sp³-hybridized carbons (Fsp3) is 1.00. The minimum Gasteiger partial charge on any atom is -0.381 e. The van der Waals surface area contributed by atoms with Crippen LogP contribution in [0.3, 0.4) is 0 Å². The monoisotopic (exact) mass is 545 g/mol. The summed E-state index contributed by atoms with van der Waals surface area (Å²) in [5.41, 5.74) is 0.825. The van der Waals surface area contributed by atoms with Crippen LogP contribution in [0.2, 0.25) is 0 Å². The average molecular weight is 545 g/mol. The molecular weight excluding hydrogens is 476 g/mol. The van der Waals surface area contributed by atoms with Crippen molar-refractivity contribution in [2.75, 3.05) is 26.3 Å². The van der Waals surface area contributed by atoms with Gasteiger partial charge in [-0.2, -0.15) is 0 Å². The van der Waals surface area contributed by atoms with Crippen LogP contribution >= 0.6 is 0 Å². The van der Waals surface area contributed by atoms with Gasteiger partial charge in [-0.05, 0) is 128 Å². The van der Waals surface area contributed by atoms with Gasteiger partial charge in [-0.15, -0.1) is 0 Å². The lowest BCUT2D eigenvalue weighted by atomic mass is 9.65. The summed E-state index contributed by atoms with van der Waals surface area (Å²) < 4.78 is 6.21. The van der Waals surface area contributed by atoms with E-state index < -0.39 is 0 Å². The fourth-order valence-corrected chi connectivity index (χ4v) is 10.2. The first kappa shape index (κ1) is 31.8. The first-order valence-electron chi connectivity index (χ1n) is 18.0. The van der Waals surface area contributed by atoms with Gasteiger partial charge >= 0.3 is 0 Å². The van der Waals surface area contributed by atoms with E-state index in [1.54, 1.807) is 0 Å². The van der Waals surface area contributed by atoms with Crippen molar-refractivity contribution in [2.24, 2.45) is 23.7 Å². The fourth-order valence-electron chi connectivity index (χ4n) is 10.2. The lowest BCUT2D eigenvalue weighted by molar-refractivity contribution is -0.0759. The third kappa shape index (κ3) is 7.27. The third-order valence-corrected chi connectivity index (χ3v) is 12.8. The molecular formula is C36H68N2O. The van der Waals surface area contributed by atoms with Crippen molar-refractivity contribution >= 4 is 0 Å². The number of rotatable bonds is 14. The molecule has 0 aromatic heterocycles. The number of ether oxygens (including phenoxy) is 1. The van der Waals surface area contributed by atoms with Crippen molar-refractivity contribution in [3.63, 3.8) is 0 Å². The molecule has 8 unspecified atom stereocenters. The highest BCUT2D eigenvalue weighted by molar-refractivity contribution is 5.03. The Balaban J connectivity index is 1.16. The van der Waals surface area contributed by atoms with Crippen LogP contribution in [-0.2, 0) is 4.74 Å². The summed E-state index contributed by atoms with van der Waals surface area (Å²) >= 11 is 0. The number of hydrogen-bond donors (Lipinski definition) is 0. The van der Waals surface area contributed by atoms with Gasteiger partial charge in [0.25, 0.3) is 0 Å². The van der Waals surface area contributed by atoms with E-state index in [4.69, 9.17) is 4.74 Å². The van der Waals surface area contributed by atoms with Crippen molar-refractivity contribution in [1.82, 2.24) is 9.80 Å². The molecule has 0 aromatic rings. The summed E-state index contributed by atoms with van der Waals surface area (Å²) in [7, 11) is 0. The molecule has 8 atom stereocenters. The smallest absolute Gasteiger partial charge is 0.0466 e. The highest BCUT2D eigenvalue weighted by atomic mass is 16.5. The van der Waals surface area contributed by atoms with E-state index >= 15 is 0 Å². The third-order valence-electron chi connectivity index (χ3n) is 12.8. The first-order chi connectivity index (χ1) is 18.9. The Labute approximate surface area is 244 Å². The summed E-state index contributed by atoms with van der Waals surface area (Å²) in [4.78, 5) is 5.99. The van der Waals surface area contributed by atoms with Crippen molar-refractivity contribution in [2.45, 2.75) is 180 Å². The SMILES string of the molecule is CCC1CC(C)(CC)N(CCCCOCCCCN2C3CCCCC3C(CC)CC2(C)CC)C2CCCCC12. The van der Waals surface area contributed by atoms with Gasteiger partial charge in [0.2, 0.25) is 0 Å². The molecule has 4 fully saturated rings. The number of nitrogens with zero attached hydrogens (tertiary/aromatic N) is 2. The topological polar surface area (TPSA) is 15.7 Å². The van der Waals surface area contributed by atoms with Crippen LogP contribution < -0.4 is 0 Å². The highest BCUT2D eigenvalue weighted by Gasteiger charge is 2.48.